The maximum atomic E-state index is 12.9. The molecule has 0 bridgehead atoms. The second-order valence-electron chi connectivity index (χ2n) is 9.00. The molecule has 2 amide bonds. The number of piperidine rings is 1. The van der Waals surface area contributed by atoms with E-state index in [0.29, 0.717) is 35.0 Å². The van der Waals surface area contributed by atoms with E-state index in [0.717, 1.165) is 19.6 Å². The van der Waals surface area contributed by atoms with Crippen LogP contribution in [-0.4, -0.2) is 75.0 Å². The summed E-state index contributed by atoms with van der Waals surface area (Å²) in [6.45, 7) is 4.76. The van der Waals surface area contributed by atoms with Crippen molar-refractivity contribution in [2.75, 3.05) is 51.4 Å². The molecule has 2 aromatic carbocycles. The molecule has 0 unspecified atom stereocenters. The number of nitrogens with zero attached hydrogens (tertiary/aromatic N) is 2. The number of ketones is 1. The summed E-state index contributed by atoms with van der Waals surface area (Å²) in [6, 6.07) is 11.1. The largest absolute Gasteiger partial charge is 0.497 e. The van der Waals surface area contributed by atoms with Crippen molar-refractivity contribution >= 4 is 23.3 Å². The van der Waals surface area contributed by atoms with E-state index in [4.69, 9.17) is 14.2 Å². The number of Topliss-reactive ketones (excluding diaryl/α,β-unsaturated/α-hetero) is 1. The third-order valence-corrected chi connectivity index (χ3v) is 6.51. The normalized spacial score (nSPS) is 16.5. The molecule has 1 fully saturated rings. The van der Waals surface area contributed by atoms with E-state index in [1.807, 2.05) is 0 Å². The van der Waals surface area contributed by atoms with Crippen molar-refractivity contribution in [2.24, 2.45) is 0 Å². The van der Waals surface area contributed by atoms with Gasteiger partial charge < -0.3 is 24.4 Å². The highest BCUT2D eigenvalue weighted by Crippen LogP contribution is 2.34. The standard InChI is InChI=1S/C27H33N3O6/c1-19(27(33)28-11-14-29-12-4-3-5-13-29)30-23-15-20(9-10-25(23)36-18-26(30)32)24(31)17-35-22-8-6-7-21(16-22)34-2/h6-10,15-16,19H,3-5,11-14,17-18H2,1-2H3,(H,28,33)/t19-/m1/s1. The van der Waals surface area contributed by atoms with Crippen molar-refractivity contribution in [2.45, 2.75) is 32.2 Å². The number of anilines is 1. The van der Waals surface area contributed by atoms with Crippen molar-refractivity contribution in [3.63, 3.8) is 0 Å². The Bertz CT molecular complexity index is 1100. The first-order chi connectivity index (χ1) is 17.5. The lowest BCUT2D eigenvalue weighted by Gasteiger charge is -2.34. The van der Waals surface area contributed by atoms with Crippen LogP contribution in [0.1, 0.15) is 36.5 Å². The third-order valence-electron chi connectivity index (χ3n) is 6.51. The topological polar surface area (TPSA) is 97.4 Å². The van der Waals surface area contributed by atoms with E-state index in [2.05, 4.69) is 10.2 Å². The number of benzene rings is 2. The first-order valence-corrected chi connectivity index (χ1v) is 12.4. The van der Waals surface area contributed by atoms with Gasteiger partial charge in [-0.25, -0.2) is 0 Å². The molecule has 9 heteroatoms. The molecule has 2 aliphatic rings. The summed E-state index contributed by atoms with van der Waals surface area (Å²) in [7, 11) is 1.56. The van der Waals surface area contributed by atoms with Gasteiger partial charge in [0.05, 0.1) is 12.8 Å². The molecular weight excluding hydrogens is 462 g/mol. The summed E-state index contributed by atoms with van der Waals surface area (Å²) in [6.07, 6.45) is 3.64. The zero-order chi connectivity index (χ0) is 25.5. The molecule has 0 aliphatic carbocycles. The summed E-state index contributed by atoms with van der Waals surface area (Å²) in [4.78, 5) is 42.3. The third kappa shape index (κ3) is 6.15. The Balaban J connectivity index is 1.41. The number of carbonyl (C=O) groups excluding carboxylic acids is 3. The zero-order valence-corrected chi connectivity index (χ0v) is 20.8. The molecule has 2 aliphatic heterocycles. The number of carbonyl (C=O) groups is 3. The van der Waals surface area contributed by atoms with Crippen LogP contribution >= 0.6 is 0 Å². The van der Waals surface area contributed by atoms with E-state index in [1.54, 1.807) is 56.5 Å². The lowest BCUT2D eigenvalue weighted by atomic mass is 10.1. The van der Waals surface area contributed by atoms with Gasteiger partial charge in [-0.3, -0.25) is 19.3 Å². The van der Waals surface area contributed by atoms with Gasteiger partial charge in [-0.1, -0.05) is 12.5 Å². The Morgan fingerprint density at radius 3 is 2.64 bits per heavy atom. The number of nitrogens with one attached hydrogen (secondary N) is 1. The summed E-state index contributed by atoms with van der Waals surface area (Å²) in [5.74, 6) is 0.744. The van der Waals surface area contributed by atoms with Gasteiger partial charge in [0.2, 0.25) is 5.91 Å². The van der Waals surface area contributed by atoms with Gasteiger partial charge in [0.1, 0.15) is 23.3 Å². The molecule has 0 saturated carbocycles. The van der Waals surface area contributed by atoms with Gasteiger partial charge in [-0.05, 0) is 63.2 Å². The van der Waals surface area contributed by atoms with Crippen molar-refractivity contribution in [1.82, 2.24) is 10.2 Å². The molecule has 0 radical (unpaired) electrons. The Kier molecular flexibility index (Phi) is 8.43. The average Bonchev–Trinajstić information content (AvgIpc) is 2.91. The van der Waals surface area contributed by atoms with Crippen LogP contribution in [0.3, 0.4) is 0 Å². The minimum absolute atomic E-state index is 0.162. The van der Waals surface area contributed by atoms with E-state index in [-0.39, 0.29) is 30.8 Å². The van der Waals surface area contributed by atoms with E-state index < -0.39 is 6.04 Å². The Morgan fingerprint density at radius 1 is 1.08 bits per heavy atom. The number of amides is 2. The second kappa shape index (κ2) is 11.9. The van der Waals surface area contributed by atoms with Crippen molar-refractivity contribution < 1.29 is 28.6 Å². The van der Waals surface area contributed by atoms with Gasteiger partial charge in [-0.2, -0.15) is 0 Å². The summed E-state index contributed by atoms with van der Waals surface area (Å²) < 4.78 is 16.4. The first kappa shape index (κ1) is 25.5. The quantitative estimate of drug-likeness (QED) is 0.506. The SMILES string of the molecule is COc1cccc(OCC(=O)c2ccc3c(c2)N([C@H](C)C(=O)NCCN2CCCCC2)C(=O)CO3)c1. The van der Waals surface area contributed by atoms with E-state index >= 15 is 0 Å². The number of likely N-dealkylation sites (tertiary alicyclic amines) is 1. The summed E-state index contributed by atoms with van der Waals surface area (Å²) in [5.41, 5.74) is 0.759. The fourth-order valence-corrected chi connectivity index (χ4v) is 4.48. The Morgan fingerprint density at radius 2 is 1.86 bits per heavy atom. The fourth-order valence-electron chi connectivity index (χ4n) is 4.48. The lowest BCUT2D eigenvalue weighted by molar-refractivity contribution is -0.127. The van der Waals surface area contributed by atoms with Crippen LogP contribution in [0.5, 0.6) is 17.2 Å². The van der Waals surface area contributed by atoms with Crippen LogP contribution < -0.4 is 24.4 Å². The van der Waals surface area contributed by atoms with Crippen LogP contribution in [0.2, 0.25) is 0 Å². The monoisotopic (exact) mass is 495 g/mol. The smallest absolute Gasteiger partial charge is 0.265 e. The van der Waals surface area contributed by atoms with Gasteiger partial charge in [0, 0.05) is 24.7 Å². The minimum Gasteiger partial charge on any atom is -0.497 e. The lowest BCUT2D eigenvalue weighted by Crippen LogP contribution is -2.52. The van der Waals surface area contributed by atoms with Crippen LogP contribution in [0.25, 0.3) is 0 Å². The van der Waals surface area contributed by atoms with Crippen LogP contribution in [-0.2, 0) is 9.59 Å². The van der Waals surface area contributed by atoms with E-state index in [1.165, 1.54) is 24.2 Å². The number of hydrogen-bond donors (Lipinski definition) is 1. The van der Waals surface area contributed by atoms with Crippen LogP contribution in [0, 0.1) is 0 Å². The molecule has 1 saturated heterocycles. The average molecular weight is 496 g/mol. The van der Waals surface area contributed by atoms with Gasteiger partial charge in [0.15, 0.2) is 19.0 Å². The van der Waals surface area contributed by atoms with E-state index in [9.17, 15) is 14.4 Å². The molecule has 1 atom stereocenters. The molecule has 36 heavy (non-hydrogen) atoms. The van der Waals surface area contributed by atoms with Crippen LogP contribution in [0.4, 0.5) is 5.69 Å². The minimum atomic E-state index is -0.750. The Labute approximate surface area is 211 Å². The van der Waals surface area contributed by atoms with Crippen LogP contribution in [0.15, 0.2) is 42.5 Å². The Hall–Kier alpha value is -3.59. The number of hydrogen-bond acceptors (Lipinski definition) is 7. The predicted molar refractivity (Wildman–Crippen MR) is 135 cm³/mol. The predicted octanol–water partition coefficient (Wildman–Crippen LogP) is 2.67. The highest BCUT2D eigenvalue weighted by Gasteiger charge is 2.33. The van der Waals surface area contributed by atoms with Crippen molar-refractivity contribution in [1.29, 1.82) is 0 Å². The highest BCUT2D eigenvalue weighted by molar-refractivity contribution is 6.05. The van der Waals surface area contributed by atoms with Crippen molar-refractivity contribution in [3.05, 3.63) is 48.0 Å². The first-order valence-electron chi connectivity index (χ1n) is 12.4. The molecule has 0 spiro atoms. The molecule has 9 nitrogen and oxygen atoms in total. The second-order valence-corrected chi connectivity index (χ2v) is 9.00. The molecule has 192 valence electrons. The number of fused-ring (bicyclic) bond motifs is 1. The molecule has 2 aromatic rings. The highest BCUT2D eigenvalue weighted by atomic mass is 16.5. The molecular formula is C27H33N3O6. The summed E-state index contributed by atoms with van der Waals surface area (Å²) in [5, 5.41) is 2.95. The maximum absolute atomic E-state index is 12.9. The number of rotatable bonds is 10. The molecule has 1 N–H and O–H groups in total. The number of methoxy groups -OCH3 is 1. The van der Waals surface area contributed by atoms with Crippen molar-refractivity contribution in [3.8, 4) is 17.2 Å². The molecule has 2 heterocycles. The molecule has 0 aromatic heterocycles. The number of ether oxygens (including phenoxy) is 3. The zero-order valence-electron chi connectivity index (χ0n) is 20.8. The molecule has 4 rings (SSSR count). The maximum Gasteiger partial charge on any atom is 0.265 e. The summed E-state index contributed by atoms with van der Waals surface area (Å²) >= 11 is 0. The van der Waals surface area contributed by atoms with Gasteiger partial charge in [0.25, 0.3) is 5.91 Å². The fraction of sp³-hybridized carbons (Fsp3) is 0.444. The van der Waals surface area contributed by atoms with Gasteiger partial charge in [-0.15, -0.1) is 0 Å². The van der Waals surface area contributed by atoms with Gasteiger partial charge >= 0.3 is 0 Å².